The van der Waals surface area contributed by atoms with Gasteiger partial charge in [0.1, 0.15) is 0 Å². The fourth-order valence-corrected chi connectivity index (χ4v) is 2.38. The molecule has 0 fully saturated rings. The van der Waals surface area contributed by atoms with E-state index in [2.05, 4.69) is 69.3 Å². The Balaban J connectivity index is 2.64. The van der Waals surface area contributed by atoms with Gasteiger partial charge in [0.15, 0.2) is 0 Å². The summed E-state index contributed by atoms with van der Waals surface area (Å²) in [6, 6.07) is 10.00. The lowest BCUT2D eigenvalue weighted by molar-refractivity contribution is 0.326. The number of benzene rings is 1. The summed E-state index contributed by atoms with van der Waals surface area (Å²) in [5.74, 6) is 0. The predicted molar refractivity (Wildman–Crippen MR) is 80.0 cm³/mol. The van der Waals surface area contributed by atoms with Gasteiger partial charge in [-0.05, 0) is 45.0 Å². The normalized spacial score (nSPS) is 14.8. The molecule has 0 saturated carbocycles. The summed E-state index contributed by atoms with van der Waals surface area (Å²) in [6.07, 6.45) is 2.24. The van der Waals surface area contributed by atoms with Crippen LogP contribution in [-0.4, -0.2) is 31.6 Å². The molecule has 0 amide bonds. The molecule has 2 nitrogen and oxygen atoms in total. The van der Waals surface area contributed by atoms with E-state index >= 15 is 0 Å². The first-order valence-electron chi connectivity index (χ1n) is 7.06. The van der Waals surface area contributed by atoms with E-state index in [0.717, 1.165) is 19.4 Å². The summed E-state index contributed by atoms with van der Waals surface area (Å²) in [4.78, 5) is 2.23. The van der Waals surface area contributed by atoms with E-state index in [1.807, 2.05) is 0 Å². The van der Waals surface area contributed by atoms with Crippen LogP contribution in [0.2, 0.25) is 0 Å². The Kier molecular flexibility index (Phi) is 6.37. The molecule has 0 aliphatic heterocycles. The van der Waals surface area contributed by atoms with Crippen LogP contribution in [0, 0.1) is 0 Å². The molecule has 0 radical (unpaired) electrons. The molecule has 0 aromatic heterocycles. The second kappa shape index (κ2) is 7.55. The monoisotopic (exact) mass is 248 g/mol. The maximum Gasteiger partial charge on any atom is 0.0320 e. The predicted octanol–water partition coefficient (Wildman–Crippen LogP) is 3.24. The number of aryl methyl sites for hydroxylation is 1. The highest BCUT2D eigenvalue weighted by Gasteiger charge is 2.12. The van der Waals surface area contributed by atoms with Gasteiger partial charge in [0.25, 0.3) is 0 Å². The number of nitrogens with one attached hydrogen (secondary N) is 1. The Morgan fingerprint density at radius 1 is 1.11 bits per heavy atom. The van der Waals surface area contributed by atoms with Crippen LogP contribution in [0.5, 0.6) is 0 Å². The van der Waals surface area contributed by atoms with Crippen molar-refractivity contribution in [3.05, 3.63) is 35.4 Å². The van der Waals surface area contributed by atoms with E-state index in [1.165, 1.54) is 11.1 Å². The van der Waals surface area contributed by atoms with Crippen molar-refractivity contribution in [2.24, 2.45) is 0 Å². The highest BCUT2D eigenvalue weighted by Crippen LogP contribution is 2.18. The largest absolute Gasteiger partial charge is 0.308 e. The smallest absolute Gasteiger partial charge is 0.0320 e. The van der Waals surface area contributed by atoms with Crippen LogP contribution in [0.4, 0.5) is 0 Å². The van der Waals surface area contributed by atoms with Gasteiger partial charge in [0, 0.05) is 18.6 Å². The third-order valence-corrected chi connectivity index (χ3v) is 3.32. The molecule has 0 aliphatic carbocycles. The molecule has 0 aliphatic rings. The molecule has 2 heteroatoms. The molecule has 102 valence electrons. The van der Waals surface area contributed by atoms with Gasteiger partial charge in [-0.15, -0.1) is 0 Å². The number of likely N-dealkylation sites (N-methyl/N-ethyl adjacent to an activating group) is 1. The SMILES string of the molecule is CCc1ccc(C(CC)NC(C)CN(C)C)cc1. The molecular formula is C16H28N2. The average Bonchev–Trinajstić information content (AvgIpc) is 2.35. The van der Waals surface area contributed by atoms with E-state index in [4.69, 9.17) is 0 Å². The van der Waals surface area contributed by atoms with Gasteiger partial charge in [-0.2, -0.15) is 0 Å². The van der Waals surface area contributed by atoms with Gasteiger partial charge >= 0.3 is 0 Å². The third-order valence-electron chi connectivity index (χ3n) is 3.32. The van der Waals surface area contributed by atoms with Crippen LogP contribution in [-0.2, 0) is 6.42 Å². The van der Waals surface area contributed by atoms with E-state index in [9.17, 15) is 0 Å². The maximum absolute atomic E-state index is 3.71. The van der Waals surface area contributed by atoms with E-state index in [-0.39, 0.29) is 0 Å². The standard InChI is InChI=1S/C16H28N2/c1-6-14-8-10-15(11-9-14)16(7-2)17-13(3)12-18(4)5/h8-11,13,16-17H,6-7,12H2,1-5H3. The zero-order chi connectivity index (χ0) is 13.5. The molecule has 0 saturated heterocycles. The molecule has 0 bridgehead atoms. The van der Waals surface area contributed by atoms with E-state index < -0.39 is 0 Å². The summed E-state index contributed by atoms with van der Waals surface area (Å²) in [5.41, 5.74) is 2.82. The van der Waals surface area contributed by atoms with Gasteiger partial charge in [-0.25, -0.2) is 0 Å². The van der Waals surface area contributed by atoms with Gasteiger partial charge in [0.05, 0.1) is 0 Å². The van der Waals surface area contributed by atoms with Crippen LogP contribution in [0.3, 0.4) is 0 Å². The Hall–Kier alpha value is -0.860. The van der Waals surface area contributed by atoms with Crippen LogP contribution < -0.4 is 5.32 Å². The quantitative estimate of drug-likeness (QED) is 0.797. The number of hydrogen-bond donors (Lipinski definition) is 1. The molecule has 1 aromatic carbocycles. The van der Waals surface area contributed by atoms with Crippen molar-refractivity contribution < 1.29 is 0 Å². The molecule has 1 rings (SSSR count). The average molecular weight is 248 g/mol. The Labute approximate surface area is 112 Å². The highest BCUT2D eigenvalue weighted by atomic mass is 15.1. The van der Waals surface area contributed by atoms with Crippen LogP contribution in [0.15, 0.2) is 24.3 Å². The fourth-order valence-electron chi connectivity index (χ4n) is 2.38. The topological polar surface area (TPSA) is 15.3 Å². The van der Waals surface area contributed by atoms with Crippen molar-refractivity contribution in [1.82, 2.24) is 10.2 Å². The fraction of sp³-hybridized carbons (Fsp3) is 0.625. The van der Waals surface area contributed by atoms with Crippen molar-refractivity contribution in [2.45, 2.75) is 45.7 Å². The van der Waals surface area contributed by atoms with Crippen molar-refractivity contribution in [3.8, 4) is 0 Å². The Bertz CT molecular complexity index is 329. The van der Waals surface area contributed by atoms with Crippen molar-refractivity contribution in [3.63, 3.8) is 0 Å². The molecule has 1 aromatic rings. The number of rotatable bonds is 7. The first-order chi connectivity index (χ1) is 8.56. The van der Waals surface area contributed by atoms with Crippen LogP contribution >= 0.6 is 0 Å². The summed E-state index contributed by atoms with van der Waals surface area (Å²) in [7, 11) is 4.24. The minimum atomic E-state index is 0.464. The van der Waals surface area contributed by atoms with Crippen LogP contribution in [0.1, 0.15) is 44.4 Å². The van der Waals surface area contributed by atoms with E-state index in [0.29, 0.717) is 12.1 Å². The summed E-state index contributed by atoms with van der Waals surface area (Å²) < 4.78 is 0. The van der Waals surface area contributed by atoms with Gasteiger partial charge in [0.2, 0.25) is 0 Å². The zero-order valence-corrected chi connectivity index (χ0v) is 12.5. The van der Waals surface area contributed by atoms with Gasteiger partial charge in [-0.3, -0.25) is 0 Å². The molecule has 2 atom stereocenters. The van der Waals surface area contributed by atoms with Gasteiger partial charge in [-0.1, -0.05) is 38.1 Å². The van der Waals surface area contributed by atoms with Crippen molar-refractivity contribution in [1.29, 1.82) is 0 Å². The Morgan fingerprint density at radius 2 is 1.72 bits per heavy atom. The lowest BCUT2D eigenvalue weighted by Gasteiger charge is -2.25. The summed E-state index contributed by atoms with van der Waals surface area (Å²) >= 11 is 0. The molecular weight excluding hydrogens is 220 g/mol. The summed E-state index contributed by atoms with van der Waals surface area (Å²) in [5, 5.41) is 3.71. The second-order valence-electron chi connectivity index (χ2n) is 5.39. The first kappa shape index (κ1) is 15.2. The molecule has 0 spiro atoms. The molecule has 18 heavy (non-hydrogen) atoms. The summed E-state index contributed by atoms with van der Waals surface area (Å²) in [6.45, 7) is 7.77. The maximum atomic E-state index is 3.71. The van der Waals surface area contributed by atoms with Gasteiger partial charge < -0.3 is 10.2 Å². The first-order valence-corrected chi connectivity index (χ1v) is 7.06. The minimum Gasteiger partial charge on any atom is -0.308 e. The molecule has 1 N–H and O–H groups in total. The lowest BCUT2D eigenvalue weighted by Crippen LogP contribution is -2.37. The number of nitrogens with zero attached hydrogens (tertiary/aromatic N) is 1. The molecule has 0 heterocycles. The third kappa shape index (κ3) is 4.79. The van der Waals surface area contributed by atoms with E-state index in [1.54, 1.807) is 0 Å². The minimum absolute atomic E-state index is 0.464. The second-order valence-corrected chi connectivity index (χ2v) is 5.39. The highest BCUT2D eigenvalue weighted by molar-refractivity contribution is 5.25. The lowest BCUT2D eigenvalue weighted by atomic mass is 10.0. The number of hydrogen-bond acceptors (Lipinski definition) is 2. The molecule has 2 unspecified atom stereocenters. The van der Waals surface area contributed by atoms with Crippen molar-refractivity contribution >= 4 is 0 Å². The Morgan fingerprint density at radius 3 is 2.17 bits per heavy atom. The zero-order valence-electron chi connectivity index (χ0n) is 12.5. The van der Waals surface area contributed by atoms with Crippen molar-refractivity contribution in [2.75, 3.05) is 20.6 Å². The van der Waals surface area contributed by atoms with Crippen LogP contribution in [0.25, 0.3) is 0 Å².